The van der Waals surface area contributed by atoms with Crippen LogP contribution in [0.1, 0.15) is 182 Å². The van der Waals surface area contributed by atoms with E-state index in [1.807, 2.05) is 0 Å². The monoisotopic (exact) mass is 1240 g/mol. The molecule has 0 saturated heterocycles. The molecule has 87 heavy (non-hydrogen) atoms. The Morgan fingerprint density at radius 1 is 0.402 bits per heavy atom. The predicted molar refractivity (Wildman–Crippen MR) is 329 cm³/mol. The van der Waals surface area contributed by atoms with Crippen LogP contribution in [-0.4, -0.2) is 168 Å². The van der Waals surface area contributed by atoms with Gasteiger partial charge in [0.1, 0.15) is 48.3 Å². The number of unbranched alkanes of at least 4 members (excludes halogenated alkanes) is 12. The minimum atomic E-state index is -1.76. The van der Waals surface area contributed by atoms with Gasteiger partial charge in [-0.3, -0.25) is 64.2 Å². The molecule has 31 heteroatoms. The number of carbonyl (C=O) groups is 10. The van der Waals surface area contributed by atoms with Crippen molar-refractivity contribution in [2.75, 3.05) is 32.8 Å². The van der Waals surface area contributed by atoms with Crippen molar-refractivity contribution >= 4 is 77.0 Å². The molecule has 0 aromatic heterocycles. The zero-order valence-electron chi connectivity index (χ0n) is 51.9. The topological polar surface area (TPSA) is 545 Å². The Kier molecular flexibility index (Phi) is 42.6. The van der Waals surface area contributed by atoms with Crippen molar-refractivity contribution in [3.05, 3.63) is 0 Å². The first-order valence-corrected chi connectivity index (χ1v) is 30.7. The molecule has 0 aromatic rings. The van der Waals surface area contributed by atoms with Gasteiger partial charge in [-0.25, -0.2) is 0 Å². The second-order valence-electron chi connectivity index (χ2n) is 22.4. The van der Waals surface area contributed by atoms with Crippen molar-refractivity contribution in [2.24, 2.45) is 40.5 Å². The molecule has 498 valence electrons. The highest BCUT2D eigenvalue weighted by Gasteiger charge is 2.36. The molecule has 26 N–H and O–H groups in total. The number of hydrogen-bond donors (Lipinski definition) is 21. The van der Waals surface area contributed by atoms with Crippen LogP contribution in [0.5, 0.6) is 0 Å². The Labute approximate surface area is 512 Å². The van der Waals surface area contributed by atoms with Gasteiger partial charge in [-0.1, -0.05) is 118 Å². The van der Waals surface area contributed by atoms with Crippen LogP contribution in [0.2, 0.25) is 0 Å². The Hall–Kier alpha value is -7.57. The summed E-state index contributed by atoms with van der Waals surface area (Å²) in [6, 6.07) is -11.8. The van der Waals surface area contributed by atoms with E-state index in [1.165, 1.54) is 51.4 Å². The molecule has 10 amide bonds. The number of hydrogen-bond acceptors (Lipinski definition) is 15. The second-order valence-corrected chi connectivity index (χ2v) is 22.4. The van der Waals surface area contributed by atoms with Crippen molar-refractivity contribution in [2.45, 2.75) is 231 Å². The van der Waals surface area contributed by atoms with Crippen LogP contribution >= 0.6 is 0 Å². The largest absolute Gasteiger partial charge is 0.394 e. The molecule has 0 radical (unpaired) electrons. The smallest absolute Gasteiger partial charge is 0.245 e. The molecule has 0 spiro atoms. The van der Waals surface area contributed by atoms with E-state index in [2.05, 4.69) is 65.4 Å². The van der Waals surface area contributed by atoms with Crippen molar-refractivity contribution in [3.8, 4) is 0 Å². The first-order valence-electron chi connectivity index (χ1n) is 30.7. The number of primary amides is 2. The normalized spacial score (nSPS) is 14.1. The summed E-state index contributed by atoms with van der Waals surface area (Å²) < 4.78 is 0. The van der Waals surface area contributed by atoms with Crippen LogP contribution in [0.3, 0.4) is 0 Å². The Morgan fingerprint density at radius 3 is 1.10 bits per heavy atom. The SMILES string of the molecule is CCCCCCCCCCCCCCCC(=O)N[C@@H](CCCNC(=N)N)C(=O)N[C@@H](CO)C(=O)N[C@H](C(=O)N[C@@H](CCCNC(=N)N)C(=O)N[C@@H](CO)C(=O)N[C@@H](CC(C)C)C(=O)N[C@@H](CCCNC(=N)N)C(=O)N[C@@H](CC(N)=O)C(N)=O)[C@@H](C)CC. The summed E-state index contributed by atoms with van der Waals surface area (Å²) >= 11 is 0. The van der Waals surface area contributed by atoms with Gasteiger partial charge < -0.3 is 97.4 Å². The lowest BCUT2D eigenvalue weighted by atomic mass is 9.97. The molecule has 0 bridgehead atoms. The molecule has 0 rings (SSSR count). The molecule has 0 aliphatic heterocycles. The van der Waals surface area contributed by atoms with Crippen LogP contribution in [0, 0.1) is 28.1 Å². The zero-order valence-corrected chi connectivity index (χ0v) is 51.9. The standard InChI is InChI=1S/C56H107N19O12/c1-6-8-9-10-11-12-13-14-15-16-17-18-19-26-44(79)68-36(23-20-27-65-54(59)60)47(81)74-42(33-77)52(86)75-45(35(5)7-2)53(87)70-38(25-22-29-67-56(63)64)49(83)73-41(32-76)51(85)72-40(30-34(3)4)50(84)69-37(24-21-28-66-55(61)62)48(82)71-39(46(58)80)31-43(57)78/h34-42,45,76-77H,6-33H2,1-5H3,(H2,57,78)(H2,58,80)(H,68,79)(H,69,84)(H,70,87)(H,71,82)(H,72,85)(H,73,83)(H,74,81)(H,75,86)(H4,59,60,65)(H4,61,62,66)(H4,63,64,67)/t35-,36-,37-,38-,39-,40-,41-,42-,45-/m0/s1. The fourth-order valence-corrected chi connectivity index (χ4v) is 9.06. The van der Waals surface area contributed by atoms with Gasteiger partial charge in [-0.15, -0.1) is 0 Å². The molecule has 0 aliphatic carbocycles. The van der Waals surface area contributed by atoms with Crippen LogP contribution < -0.4 is 87.2 Å². The molecular formula is C56H107N19O12. The predicted octanol–water partition coefficient (Wildman–Crippen LogP) is -2.43. The number of nitrogens with one attached hydrogen (secondary N) is 14. The van der Waals surface area contributed by atoms with E-state index in [4.69, 9.17) is 44.9 Å². The first kappa shape index (κ1) is 79.4. The van der Waals surface area contributed by atoms with E-state index in [9.17, 15) is 58.2 Å². The first-order chi connectivity index (χ1) is 41.2. The van der Waals surface area contributed by atoms with Crippen molar-refractivity contribution < 1.29 is 58.2 Å². The van der Waals surface area contributed by atoms with Gasteiger partial charge in [0.25, 0.3) is 0 Å². The van der Waals surface area contributed by atoms with Gasteiger partial charge in [-0.2, -0.15) is 0 Å². The van der Waals surface area contributed by atoms with Gasteiger partial charge in [0.15, 0.2) is 17.9 Å². The molecule has 0 fully saturated rings. The quantitative estimate of drug-likeness (QED) is 0.0171. The van der Waals surface area contributed by atoms with E-state index < -0.39 is 127 Å². The number of carbonyl (C=O) groups excluding carboxylic acids is 10. The number of rotatable bonds is 50. The highest BCUT2D eigenvalue weighted by atomic mass is 16.3. The number of aliphatic hydroxyl groups excluding tert-OH is 2. The number of nitrogens with two attached hydrogens (primary N) is 5. The summed E-state index contributed by atoms with van der Waals surface area (Å²) in [7, 11) is 0. The Bertz CT molecular complexity index is 2170. The van der Waals surface area contributed by atoms with Crippen molar-refractivity contribution in [1.29, 1.82) is 16.2 Å². The summed E-state index contributed by atoms with van der Waals surface area (Å²) in [5.74, 6) is -11.0. The third kappa shape index (κ3) is 37.6. The molecule has 0 unspecified atom stereocenters. The molecule has 0 aliphatic rings. The maximum absolute atomic E-state index is 14.3. The summed E-state index contributed by atoms with van der Waals surface area (Å²) in [5.41, 5.74) is 26.8. The minimum absolute atomic E-state index is 0.0441. The highest BCUT2D eigenvalue weighted by Crippen LogP contribution is 2.15. The van der Waals surface area contributed by atoms with Crippen LogP contribution in [0.15, 0.2) is 0 Å². The maximum Gasteiger partial charge on any atom is 0.245 e. The van der Waals surface area contributed by atoms with Crippen LogP contribution in [0.25, 0.3) is 0 Å². The molecule has 9 atom stereocenters. The van der Waals surface area contributed by atoms with E-state index in [0.29, 0.717) is 12.8 Å². The maximum atomic E-state index is 14.3. The number of guanidine groups is 3. The van der Waals surface area contributed by atoms with Gasteiger partial charge in [0, 0.05) is 26.1 Å². The molecule has 0 aromatic carbocycles. The summed E-state index contributed by atoms with van der Waals surface area (Å²) in [6.45, 7) is 7.36. The molecule has 0 saturated carbocycles. The Balaban J connectivity index is 6.39. The summed E-state index contributed by atoms with van der Waals surface area (Å²) in [5, 5.41) is 71.2. The molecular weight excluding hydrogens is 1130 g/mol. The van der Waals surface area contributed by atoms with Crippen molar-refractivity contribution in [3.63, 3.8) is 0 Å². The average Bonchev–Trinajstić information content (AvgIpc) is 3.67. The van der Waals surface area contributed by atoms with Crippen molar-refractivity contribution in [1.82, 2.24) is 58.5 Å². The van der Waals surface area contributed by atoms with Gasteiger partial charge >= 0.3 is 0 Å². The van der Waals surface area contributed by atoms with Gasteiger partial charge in [-0.05, 0) is 63.2 Å². The van der Waals surface area contributed by atoms with Crippen LogP contribution in [0.4, 0.5) is 0 Å². The number of amides is 10. The lowest BCUT2D eigenvalue weighted by molar-refractivity contribution is -0.137. The van der Waals surface area contributed by atoms with E-state index in [1.54, 1.807) is 27.7 Å². The van der Waals surface area contributed by atoms with Crippen LogP contribution in [-0.2, 0) is 47.9 Å². The van der Waals surface area contributed by atoms with E-state index in [-0.39, 0.29) is 101 Å². The van der Waals surface area contributed by atoms with E-state index in [0.717, 1.165) is 25.7 Å². The summed E-state index contributed by atoms with van der Waals surface area (Å²) in [4.78, 5) is 134. The lowest BCUT2D eigenvalue weighted by Crippen LogP contribution is -2.62. The third-order valence-corrected chi connectivity index (χ3v) is 14.2. The molecule has 0 heterocycles. The van der Waals surface area contributed by atoms with Gasteiger partial charge in [0.05, 0.1) is 19.6 Å². The lowest BCUT2D eigenvalue weighted by Gasteiger charge is -2.29. The second kappa shape index (κ2) is 46.6. The highest BCUT2D eigenvalue weighted by molar-refractivity contribution is 5.98. The third-order valence-electron chi connectivity index (χ3n) is 14.2. The minimum Gasteiger partial charge on any atom is -0.394 e. The Morgan fingerprint density at radius 2 is 0.736 bits per heavy atom. The van der Waals surface area contributed by atoms with E-state index >= 15 is 0 Å². The van der Waals surface area contributed by atoms with Gasteiger partial charge in [0.2, 0.25) is 59.1 Å². The molecule has 31 nitrogen and oxygen atoms in total. The number of aliphatic hydroxyl groups is 2. The zero-order chi connectivity index (χ0) is 65.9. The average molecular weight is 1240 g/mol. The fraction of sp³-hybridized carbons (Fsp3) is 0.768. The fourth-order valence-electron chi connectivity index (χ4n) is 9.06. The summed E-state index contributed by atoms with van der Waals surface area (Å²) in [6.07, 6.45) is 14.7.